The number of esters is 1. The first-order chi connectivity index (χ1) is 9.20. The highest BCUT2D eigenvalue weighted by molar-refractivity contribution is 5.95. The van der Waals surface area contributed by atoms with Gasteiger partial charge in [-0.25, -0.2) is 4.79 Å². The summed E-state index contributed by atoms with van der Waals surface area (Å²) in [4.78, 5) is 11.6. The minimum atomic E-state index is -0.317. The van der Waals surface area contributed by atoms with Crippen LogP contribution in [0.4, 0.5) is 5.69 Å². The second-order valence-electron chi connectivity index (χ2n) is 5.09. The van der Waals surface area contributed by atoms with E-state index in [0.717, 1.165) is 37.9 Å². The molecule has 0 unspecified atom stereocenters. The van der Waals surface area contributed by atoms with Crippen LogP contribution in [-0.2, 0) is 4.74 Å². The number of aliphatic hydroxyl groups is 1. The van der Waals surface area contributed by atoms with Crippen molar-refractivity contribution in [1.82, 2.24) is 0 Å². The quantitative estimate of drug-likeness (QED) is 0.819. The maximum atomic E-state index is 11.6. The van der Waals surface area contributed by atoms with Gasteiger partial charge < -0.3 is 15.2 Å². The number of para-hydroxylation sites is 1. The summed E-state index contributed by atoms with van der Waals surface area (Å²) in [5, 5.41) is 12.8. The number of anilines is 1. The molecule has 1 aliphatic carbocycles. The molecule has 0 bridgehead atoms. The van der Waals surface area contributed by atoms with Crippen LogP contribution in [0.2, 0.25) is 0 Å². The third-order valence-electron chi connectivity index (χ3n) is 3.73. The van der Waals surface area contributed by atoms with Gasteiger partial charge in [-0.1, -0.05) is 12.1 Å². The maximum absolute atomic E-state index is 11.6. The summed E-state index contributed by atoms with van der Waals surface area (Å²) in [6.45, 7) is 0.834. The van der Waals surface area contributed by atoms with Crippen molar-refractivity contribution < 1.29 is 14.6 Å². The zero-order chi connectivity index (χ0) is 13.7. The van der Waals surface area contributed by atoms with Crippen LogP contribution in [0.5, 0.6) is 0 Å². The number of nitrogens with one attached hydrogen (secondary N) is 1. The zero-order valence-corrected chi connectivity index (χ0v) is 11.3. The van der Waals surface area contributed by atoms with E-state index in [-0.39, 0.29) is 12.1 Å². The van der Waals surface area contributed by atoms with Crippen molar-refractivity contribution in [2.75, 3.05) is 19.0 Å². The minimum absolute atomic E-state index is 0.126. The number of hydrogen-bond donors (Lipinski definition) is 2. The lowest BCUT2D eigenvalue weighted by atomic mass is 9.87. The molecular weight excluding hydrogens is 242 g/mol. The van der Waals surface area contributed by atoms with E-state index < -0.39 is 0 Å². The van der Waals surface area contributed by atoms with Crippen molar-refractivity contribution in [1.29, 1.82) is 0 Å². The molecule has 104 valence electrons. The largest absolute Gasteiger partial charge is 0.465 e. The SMILES string of the molecule is COC(=O)c1ccccc1NCC1CCC(O)CC1. The van der Waals surface area contributed by atoms with Crippen molar-refractivity contribution >= 4 is 11.7 Å². The van der Waals surface area contributed by atoms with Crippen molar-refractivity contribution in [3.63, 3.8) is 0 Å². The molecular formula is C15H21NO3. The standard InChI is InChI=1S/C15H21NO3/c1-19-15(18)13-4-2-3-5-14(13)16-10-11-6-8-12(17)9-7-11/h2-5,11-12,16-17H,6-10H2,1H3. The molecule has 0 amide bonds. The smallest absolute Gasteiger partial charge is 0.339 e. The lowest BCUT2D eigenvalue weighted by Gasteiger charge is -2.26. The first-order valence-electron chi connectivity index (χ1n) is 6.80. The Labute approximate surface area is 113 Å². The summed E-state index contributed by atoms with van der Waals surface area (Å²) in [7, 11) is 1.39. The highest BCUT2D eigenvalue weighted by Crippen LogP contribution is 2.25. The summed E-state index contributed by atoms with van der Waals surface area (Å²) in [6.07, 6.45) is 3.71. The second-order valence-corrected chi connectivity index (χ2v) is 5.09. The molecule has 2 N–H and O–H groups in total. The van der Waals surface area contributed by atoms with E-state index in [0.29, 0.717) is 11.5 Å². The molecule has 0 aliphatic heterocycles. The fraction of sp³-hybridized carbons (Fsp3) is 0.533. The Balaban J connectivity index is 1.94. The van der Waals surface area contributed by atoms with Crippen LogP contribution in [0.1, 0.15) is 36.0 Å². The maximum Gasteiger partial charge on any atom is 0.339 e. The van der Waals surface area contributed by atoms with E-state index >= 15 is 0 Å². The average molecular weight is 263 g/mol. The van der Waals surface area contributed by atoms with Gasteiger partial charge in [-0.3, -0.25) is 0 Å². The lowest BCUT2D eigenvalue weighted by Crippen LogP contribution is -2.24. The van der Waals surface area contributed by atoms with Crippen LogP contribution in [0, 0.1) is 5.92 Å². The predicted octanol–water partition coefficient (Wildman–Crippen LogP) is 2.44. The summed E-state index contributed by atoms with van der Waals surface area (Å²) in [5.74, 6) is 0.247. The molecule has 19 heavy (non-hydrogen) atoms. The summed E-state index contributed by atoms with van der Waals surface area (Å²) in [5.41, 5.74) is 1.39. The second kappa shape index (κ2) is 6.57. The molecule has 0 heterocycles. The number of rotatable bonds is 4. The lowest BCUT2D eigenvalue weighted by molar-refractivity contribution is 0.0602. The fourth-order valence-corrected chi connectivity index (χ4v) is 2.53. The van der Waals surface area contributed by atoms with Gasteiger partial charge in [-0.15, -0.1) is 0 Å². The Morgan fingerprint density at radius 3 is 2.68 bits per heavy atom. The monoisotopic (exact) mass is 263 g/mol. The first-order valence-corrected chi connectivity index (χ1v) is 6.80. The van der Waals surface area contributed by atoms with Crippen LogP contribution >= 0.6 is 0 Å². The fourth-order valence-electron chi connectivity index (χ4n) is 2.53. The third-order valence-corrected chi connectivity index (χ3v) is 3.73. The zero-order valence-electron chi connectivity index (χ0n) is 11.3. The molecule has 0 radical (unpaired) electrons. The van der Waals surface area contributed by atoms with Crippen LogP contribution < -0.4 is 5.32 Å². The summed E-state index contributed by atoms with van der Waals surface area (Å²) in [6, 6.07) is 7.39. The normalized spacial score (nSPS) is 22.8. The Bertz CT molecular complexity index is 425. The molecule has 0 aromatic heterocycles. The number of carbonyl (C=O) groups is 1. The van der Waals surface area contributed by atoms with E-state index in [1.165, 1.54) is 7.11 Å². The number of methoxy groups -OCH3 is 1. The van der Waals surface area contributed by atoms with Gasteiger partial charge in [0, 0.05) is 12.2 Å². The molecule has 1 aromatic carbocycles. The van der Waals surface area contributed by atoms with Gasteiger partial charge >= 0.3 is 5.97 Å². The van der Waals surface area contributed by atoms with Gasteiger partial charge in [0.2, 0.25) is 0 Å². The minimum Gasteiger partial charge on any atom is -0.465 e. The highest BCUT2D eigenvalue weighted by Gasteiger charge is 2.19. The van der Waals surface area contributed by atoms with Gasteiger partial charge in [0.05, 0.1) is 18.8 Å². The van der Waals surface area contributed by atoms with Crippen molar-refractivity contribution in [3.8, 4) is 0 Å². The number of ether oxygens (including phenoxy) is 1. The van der Waals surface area contributed by atoms with Gasteiger partial charge in [0.15, 0.2) is 0 Å². The number of hydrogen-bond acceptors (Lipinski definition) is 4. The Morgan fingerprint density at radius 2 is 2.00 bits per heavy atom. The van der Waals surface area contributed by atoms with E-state index in [4.69, 9.17) is 4.74 Å². The average Bonchev–Trinajstić information content (AvgIpc) is 2.46. The highest BCUT2D eigenvalue weighted by atomic mass is 16.5. The van der Waals surface area contributed by atoms with Gasteiger partial charge in [-0.2, -0.15) is 0 Å². The number of carbonyl (C=O) groups excluding carboxylic acids is 1. The van der Waals surface area contributed by atoms with Gasteiger partial charge in [0.1, 0.15) is 0 Å². The molecule has 4 heteroatoms. The molecule has 0 saturated heterocycles. The summed E-state index contributed by atoms with van der Waals surface area (Å²) >= 11 is 0. The molecule has 0 spiro atoms. The first kappa shape index (κ1) is 13.9. The molecule has 1 aromatic rings. The van der Waals surface area contributed by atoms with E-state index in [2.05, 4.69) is 5.32 Å². The predicted molar refractivity (Wildman–Crippen MR) is 74.2 cm³/mol. The van der Waals surface area contributed by atoms with E-state index in [9.17, 15) is 9.90 Å². The van der Waals surface area contributed by atoms with E-state index in [1.54, 1.807) is 6.07 Å². The van der Waals surface area contributed by atoms with Gasteiger partial charge in [-0.05, 0) is 43.7 Å². The molecule has 4 nitrogen and oxygen atoms in total. The van der Waals surface area contributed by atoms with Crippen molar-refractivity contribution in [2.24, 2.45) is 5.92 Å². The van der Waals surface area contributed by atoms with Crippen LogP contribution in [0.15, 0.2) is 24.3 Å². The number of benzene rings is 1. The molecule has 1 saturated carbocycles. The van der Waals surface area contributed by atoms with Crippen molar-refractivity contribution in [2.45, 2.75) is 31.8 Å². The Morgan fingerprint density at radius 1 is 1.32 bits per heavy atom. The van der Waals surface area contributed by atoms with Gasteiger partial charge in [0.25, 0.3) is 0 Å². The summed E-state index contributed by atoms with van der Waals surface area (Å²) < 4.78 is 4.77. The molecule has 1 fully saturated rings. The topological polar surface area (TPSA) is 58.6 Å². The number of aliphatic hydroxyl groups excluding tert-OH is 1. The van der Waals surface area contributed by atoms with E-state index in [1.807, 2.05) is 18.2 Å². The van der Waals surface area contributed by atoms with Crippen LogP contribution in [-0.4, -0.2) is 30.8 Å². The molecule has 1 aliphatic rings. The van der Waals surface area contributed by atoms with Crippen molar-refractivity contribution in [3.05, 3.63) is 29.8 Å². The van der Waals surface area contributed by atoms with Crippen LogP contribution in [0.25, 0.3) is 0 Å². The Kier molecular flexibility index (Phi) is 4.80. The molecule has 0 atom stereocenters. The van der Waals surface area contributed by atoms with Crippen LogP contribution in [0.3, 0.4) is 0 Å². The Hall–Kier alpha value is -1.55. The molecule has 2 rings (SSSR count). The third kappa shape index (κ3) is 3.70.